The molecule has 1 aliphatic heterocycles. The number of carbonyl (C=O) groups is 1. The normalized spacial score (nSPS) is 21.0. The molecule has 21 heavy (non-hydrogen) atoms. The van der Waals surface area contributed by atoms with Gasteiger partial charge in [-0.25, -0.2) is 4.39 Å². The predicted octanol–water partition coefficient (Wildman–Crippen LogP) is 1.28. The van der Waals surface area contributed by atoms with Gasteiger partial charge in [0.05, 0.1) is 5.92 Å². The van der Waals surface area contributed by atoms with Gasteiger partial charge in [-0.2, -0.15) is 0 Å². The molecule has 1 saturated heterocycles. The zero-order valence-corrected chi connectivity index (χ0v) is 13.1. The van der Waals surface area contributed by atoms with E-state index in [1.165, 1.54) is 6.07 Å². The van der Waals surface area contributed by atoms with Crippen LogP contribution in [0.15, 0.2) is 24.3 Å². The Morgan fingerprint density at radius 2 is 2.00 bits per heavy atom. The van der Waals surface area contributed by atoms with Crippen LogP contribution in [0.1, 0.15) is 5.56 Å². The summed E-state index contributed by atoms with van der Waals surface area (Å²) in [4.78, 5) is 18.3. The van der Waals surface area contributed by atoms with E-state index in [0.717, 1.165) is 19.6 Å². The van der Waals surface area contributed by atoms with E-state index in [2.05, 4.69) is 9.80 Å². The van der Waals surface area contributed by atoms with E-state index in [-0.39, 0.29) is 17.6 Å². The van der Waals surface area contributed by atoms with Gasteiger partial charge in [0.25, 0.3) is 0 Å². The number of amides is 1. The van der Waals surface area contributed by atoms with Crippen molar-refractivity contribution in [2.75, 3.05) is 47.3 Å². The number of hydrogen-bond acceptors (Lipinski definition) is 3. The zero-order chi connectivity index (χ0) is 15.4. The fourth-order valence-corrected chi connectivity index (χ4v) is 2.77. The average molecular weight is 293 g/mol. The van der Waals surface area contributed by atoms with Crippen molar-refractivity contribution in [1.29, 1.82) is 0 Å². The third-order valence-electron chi connectivity index (χ3n) is 3.95. The molecule has 0 unspecified atom stereocenters. The molecular weight excluding hydrogens is 269 g/mol. The molecule has 0 saturated carbocycles. The minimum Gasteiger partial charge on any atom is -0.348 e. The number of nitrogens with zero attached hydrogens (tertiary/aromatic N) is 3. The smallest absolute Gasteiger partial charge is 0.227 e. The molecule has 0 bridgehead atoms. The molecule has 0 spiro atoms. The summed E-state index contributed by atoms with van der Waals surface area (Å²) in [6.07, 6.45) is 0. The fraction of sp³-hybridized carbons (Fsp3) is 0.562. The topological polar surface area (TPSA) is 26.8 Å². The summed E-state index contributed by atoms with van der Waals surface area (Å²) < 4.78 is 13.8. The molecule has 0 N–H and O–H groups in total. The maximum atomic E-state index is 13.8. The summed E-state index contributed by atoms with van der Waals surface area (Å²) in [5.74, 6) is -0.0906. The quantitative estimate of drug-likeness (QED) is 0.840. The van der Waals surface area contributed by atoms with Crippen LogP contribution in [0, 0.1) is 11.7 Å². The van der Waals surface area contributed by atoms with E-state index in [9.17, 15) is 9.18 Å². The standard InChI is InChI=1S/C16H24FN3O/c1-18(2)16(21)14-10-19(3)8-9-20(12-14)11-13-6-4-5-7-15(13)17/h4-7,14H,8-12H2,1-3H3/t14-/m0/s1. The first-order chi connectivity index (χ1) is 9.97. The monoisotopic (exact) mass is 293 g/mol. The third kappa shape index (κ3) is 4.25. The van der Waals surface area contributed by atoms with E-state index < -0.39 is 0 Å². The lowest BCUT2D eigenvalue weighted by Gasteiger charge is -2.25. The highest BCUT2D eigenvalue weighted by Gasteiger charge is 2.27. The van der Waals surface area contributed by atoms with Crippen molar-refractivity contribution in [3.05, 3.63) is 35.6 Å². The molecule has 0 aliphatic carbocycles. The maximum absolute atomic E-state index is 13.8. The van der Waals surface area contributed by atoms with Crippen molar-refractivity contribution in [3.8, 4) is 0 Å². The van der Waals surface area contributed by atoms with Crippen LogP contribution in [-0.4, -0.2) is 67.9 Å². The van der Waals surface area contributed by atoms with Crippen molar-refractivity contribution in [2.45, 2.75) is 6.54 Å². The Kier molecular flexibility index (Phi) is 5.31. The Hall–Kier alpha value is -1.46. The highest BCUT2D eigenvalue weighted by Crippen LogP contribution is 2.15. The summed E-state index contributed by atoms with van der Waals surface area (Å²) in [6.45, 7) is 3.73. The van der Waals surface area contributed by atoms with Crippen molar-refractivity contribution in [2.24, 2.45) is 5.92 Å². The van der Waals surface area contributed by atoms with Crippen LogP contribution in [-0.2, 0) is 11.3 Å². The number of halogens is 1. The van der Waals surface area contributed by atoms with Gasteiger partial charge in [0, 0.05) is 52.4 Å². The largest absolute Gasteiger partial charge is 0.348 e. The van der Waals surface area contributed by atoms with E-state index in [0.29, 0.717) is 18.7 Å². The SMILES string of the molecule is CN1CCN(Cc2ccccc2F)C[C@@H](C(=O)N(C)C)C1. The van der Waals surface area contributed by atoms with Gasteiger partial charge >= 0.3 is 0 Å². The van der Waals surface area contributed by atoms with E-state index in [1.807, 2.05) is 19.2 Å². The summed E-state index contributed by atoms with van der Waals surface area (Å²) in [6, 6.07) is 6.85. The number of rotatable bonds is 3. The first-order valence-corrected chi connectivity index (χ1v) is 7.33. The summed E-state index contributed by atoms with van der Waals surface area (Å²) in [5, 5.41) is 0. The fourth-order valence-electron chi connectivity index (χ4n) is 2.77. The lowest BCUT2D eigenvalue weighted by molar-refractivity contribution is -0.133. The molecule has 1 heterocycles. The van der Waals surface area contributed by atoms with E-state index >= 15 is 0 Å². The van der Waals surface area contributed by atoms with Crippen molar-refractivity contribution < 1.29 is 9.18 Å². The second kappa shape index (κ2) is 7.00. The summed E-state index contributed by atoms with van der Waals surface area (Å²) >= 11 is 0. The van der Waals surface area contributed by atoms with Gasteiger partial charge in [0.1, 0.15) is 5.82 Å². The van der Waals surface area contributed by atoms with Crippen molar-refractivity contribution in [1.82, 2.24) is 14.7 Å². The predicted molar refractivity (Wildman–Crippen MR) is 81.4 cm³/mol. The van der Waals surface area contributed by atoms with Gasteiger partial charge in [-0.05, 0) is 13.1 Å². The Bertz CT molecular complexity index is 492. The van der Waals surface area contributed by atoms with Gasteiger partial charge in [-0.3, -0.25) is 9.69 Å². The van der Waals surface area contributed by atoms with E-state index in [4.69, 9.17) is 0 Å². The molecule has 1 aromatic rings. The Labute approximate surface area is 126 Å². The molecule has 1 aliphatic rings. The van der Waals surface area contributed by atoms with Crippen LogP contribution in [0.4, 0.5) is 4.39 Å². The number of carbonyl (C=O) groups excluding carboxylic acids is 1. The van der Waals surface area contributed by atoms with Crippen LogP contribution in [0.2, 0.25) is 0 Å². The van der Waals surface area contributed by atoms with Gasteiger partial charge in [0.2, 0.25) is 5.91 Å². The van der Waals surface area contributed by atoms with Crippen LogP contribution < -0.4 is 0 Å². The zero-order valence-electron chi connectivity index (χ0n) is 13.1. The average Bonchev–Trinajstić information content (AvgIpc) is 2.62. The van der Waals surface area contributed by atoms with Gasteiger partial charge in [-0.1, -0.05) is 18.2 Å². The maximum Gasteiger partial charge on any atom is 0.227 e. The number of hydrogen-bond donors (Lipinski definition) is 0. The Morgan fingerprint density at radius 1 is 1.29 bits per heavy atom. The molecule has 5 heteroatoms. The molecule has 2 rings (SSSR count). The van der Waals surface area contributed by atoms with Crippen molar-refractivity contribution >= 4 is 5.91 Å². The summed E-state index contributed by atoms with van der Waals surface area (Å²) in [5.41, 5.74) is 0.693. The first kappa shape index (κ1) is 15.9. The van der Waals surface area contributed by atoms with Crippen LogP contribution >= 0.6 is 0 Å². The second-order valence-corrected chi connectivity index (χ2v) is 6.02. The van der Waals surface area contributed by atoms with Crippen molar-refractivity contribution in [3.63, 3.8) is 0 Å². The Balaban J connectivity index is 2.09. The van der Waals surface area contributed by atoms with Gasteiger partial charge in [0.15, 0.2) is 0 Å². The third-order valence-corrected chi connectivity index (χ3v) is 3.95. The number of likely N-dealkylation sites (N-methyl/N-ethyl adjacent to an activating group) is 1. The van der Waals surface area contributed by atoms with Gasteiger partial charge < -0.3 is 9.80 Å². The molecule has 1 fully saturated rings. The van der Waals surface area contributed by atoms with Gasteiger partial charge in [-0.15, -0.1) is 0 Å². The highest BCUT2D eigenvalue weighted by atomic mass is 19.1. The molecule has 0 aromatic heterocycles. The minimum absolute atomic E-state index is 0.0562. The molecule has 1 amide bonds. The minimum atomic E-state index is -0.175. The highest BCUT2D eigenvalue weighted by molar-refractivity contribution is 5.78. The first-order valence-electron chi connectivity index (χ1n) is 7.33. The molecular formula is C16H24FN3O. The lowest BCUT2D eigenvalue weighted by atomic mass is 10.1. The van der Waals surface area contributed by atoms with Crippen LogP contribution in [0.5, 0.6) is 0 Å². The molecule has 116 valence electrons. The lowest BCUT2D eigenvalue weighted by Crippen LogP contribution is -2.40. The summed E-state index contributed by atoms with van der Waals surface area (Å²) in [7, 11) is 5.60. The van der Waals surface area contributed by atoms with Crippen LogP contribution in [0.3, 0.4) is 0 Å². The Morgan fingerprint density at radius 3 is 2.67 bits per heavy atom. The van der Waals surface area contributed by atoms with E-state index in [1.54, 1.807) is 25.1 Å². The number of benzene rings is 1. The molecule has 0 radical (unpaired) electrons. The molecule has 4 nitrogen and oxygen atoms in total. The molecule has 1 aromatic carbocycles. The van der Waals surface area contributed by atoms with Crippen LogP contribution in [0.25, 0.3) is 0 Å². The second-order valence-electron chi connectivity index (χ2n) is 6.02. The molecule has 1 atom stereocenters.